The Balaban J connectivity index is 1.34. The normalized spacial score (nSPS) is 20.3. The van der Waals surface area contributed by atoms with Gasteiger partial charge in [0.25, 0.3) is 0 Å². The van der Waals surface area contributed by atoms with Gasteiger partial charge in [0.1, 0.15) is 0 Å². The van der Waals surface area contributed by atoms with Gasteiger partial charge >= 0.3 is 0 Å². The molecule has 2 atom stereocenters. The molecule has 0 radical (unpaired) electrons. The summed E-state index contributed by atoms with van der Waals surface area (Å²) in [5.41, 5.74) is 5.64. The number of aromatic nitrogens is 3. The monoisotopic (exact) mass is 408 g/mol. The Hall–Kier alpha value is -3.73. The van der Waals surface area contributed by atoms with E-state index in [-0.39, 0.29) is 17.2 Å². The molecule has 2 N–H and O–H groups in total. The Morgan fingerprint density at radius 3 is 2.84 bits per heavy atom. The Kier molecular flexibility index (Phi) is 4.66. The highest BCUT2D eigenvalue weighted by atomic mass is 16.2. The highest BCUT2D eigenvalue weighted by molar-refractivity contribution is 5.99. The van der Waals surface area contributed by atoms with E-state index in [0.717, 1.165) is 39.8 Å². The van der Waals surface area contributed by atoms with Crippen LogP contribution in [-0.2, 0) is 4.79 Å². The number of carbonyl (C=O) groups is 1. The van der Waals surface area contributed by atoms with Crippen LogP contribution >= 0.6 is 0 Å². The molecular formula is C26H24N4O. The molecule has 0 aliphatic heterocycles. The Morgan fingerprint density at radius 1 is 1.16 bits per heavy atom. The minimum atomic E-state index is -0.390. The van der Waals surface area contributed by atoms with Gasteiger partial charge in [-0.05, 0) is 60.2 Å². The van der Waals surface area contributed by atoms with Crippen molar-refractivity contribution in [1.82, 2.24) is 15.2 Å². The SMILES string of the molecule is Cc1ccccc1NC(=O)[C@]1(C)C[C@H]1c1ccc2c(/C=C/c3cccnc3)n[nH]c2c1. The second-order valence-corrected chi connectivity index (χ2v) is 8.48. The third kappa shape index (κ3) is 3.63. The van der Waals surface area contributed by atoms with Gasteiger partial charge in [0, 0.05) is 23.5 Å². The number of aryl methyl sites for hydroxylation is 1. The fourth-order valence-electron chi connectivity index (χ4n) is 4.13. The summed E-state index contributed by atoms with van der Waals surface area (Å²) in [6, 6.07) is 18.1. The maximum absolute atomic E-state index is 13.0. The number of aromatic amines is 1. The van der Waals surface area contributed by atoms with Gasteiger partial charge < -0.3 is 5.32 Å². The molecule has 31 heavy (non-hydrogen) atoms. The van der Waals surface area contributed by atoms with Crippen LogP contribution in [0.2, 0.25) is 0 Å². The maximum atomic E-state index is 13.0. The lowest BCUT2D eigenvalue weighted by Gasteiger charge is -2.14. The van der Waals surface area contributed by atoms with Crippen molar-refractivity contribution in [1.29, 1.82) is 0 Å². The van der Waals surface area contributed by atoms with Crippen LogP contribution in [0, 0.1) is 12.3 Å². The standard InChI is InChI=1S/C26H24N4O/c1-17-6-3-4-8-22(17)28-25(31)26(2)15-21(26)19-10-11-20-23(29-30-24(20)14-19)12-9-18-7-5-13-27-16-18/h3-14,16,21H,15H2,1-2H3,(H,28,31)(H,29,30)/b12-9+/t21-,26+/m0/s1. The van der Waals surface area contributed by atoms with Gasteiger partial charge in [-0.3, -0.25) is 14.9 Å². The van der Waals surface area contributed by atoms with Crippen molar-refractivity contribution in [3.63, 3.8) is 0 Å². The van der Waals surface area contributed by atoms with Gasteiger partial charge in [-0.15, -0.1) is 0 Å². The van der Waals surface area contributed by atoms with Crippen LogP contribution in [0.5, 0.6) is 0 Å². The Morgan fingerprint density at radius 2 is 2.03 bits per heavy atom. The van der Waals surface area contributed by atoms with E-state index in [1.165, 1.54) is 5.56 Å². The van der Waals surface area contributed by atoms with Gasteiger partial charge in [0.2, 0.25) is 5.91 Å². The first-order chi connectivity index (χ1) is 15.0. The molecule has 2 aromatic carbocycles. The van der Waals surface area contributed by atoms with Crippen LogP contribution in [0.25, 0.3) is 23.1 Å². The molecule has 0 spiro atoms. The van der Waals surface area contributed by atoms with Crippen molar-refractivity contribution in [2.24, 2.45) is 5.41 Å². The number of hydrogen-bond acceptors (Lipinski definition) is 3. The first kappa shape index (κ1) is 19.2. The molecule has 1 aliphatic rings. The number of para-hydroxylation sites is 1. The van der Waals surface area contributed by atoms with E-state index in [1.54, 1.807) is 6.20 Å². The number of nitrogens with one attached hydrogen (secondary N) is 2. The first-order valence-corrected chi connectivity index (χ1v) is 10.5. The van der Waals surface area contributed by atoms with E-state index in [0.29, 0.717) is 0 Å². The third-order valence-electron chi connectivity index (χ3n) is 6.29. The molecule has 2 heterocycles. The van der Waals surface area contributed by atoms with Crippen LogP contribution in [0.3, 0.4) is 0 Å². The summed E-state index contributed by atoms with van der Waals surface area (Å²) >= 11 is 0. The topological polar surface area (TPSA) is 70.7 Å². The number of fused-ring (bicyclic) bond motifs is 1. The summed E-state index contributed by atoms with van der Waals surface area (Å²) in [4.78, 5) is 17.1. The molecule has 1 saturated carbocycles. The molecule has 5 rings (SSSR count). The average molecular weight is 409 g/mol. The van der Waals surface area contributed by atoms with Crippen LogP contribution < -0.4 is 5.32 Å². The van der Waals surface area contributed by atoms with Crippen molar-refractivity contribution >= 4 is 34.6 Å². The van der Waals surface area contributed by atoms with Crippen molar-refractivity contribution in [2.45, 2.75) is 26.2 Å². The number of H-pyrrole nitrogens is 1. The predicted molar refractivity (Wildman–Crippen MR) is 125 cm³/mol. The fourth-order valence-corrected chi connectivity index (χ4v) is 4.13. The largest absolute Gasteiger partial charge is 0.325 e. The molecule has 154 valence electrons. The number of benzene rings is 2. The molecular weight excluding hydrogens is 384 g/mol. The second-order valence-electron chi connectivity index (χ2n) is 8.48. The van der Waals surface area contributed by atoms with Gasteiger partial charge in [-0.1, -0.05) is 49.4 Å². The summed E-state index contributed by atoms with van der Waals surface area (Å²) in [5, 5.41) is 11.8. The Labute approximate surface area is 181 Å². The van der Waals surface area contributed by atoms with E-state index in [9.17, 15) is 4.79 Å². The number of pyridine rings is 1. The first-order valence-electron chi connectivity index (χ1n) is 10.5. The highest BCUT2D eigenvalue weighted by Gasteiger charge is 2.56. The lowest BCUT2D eigenvalue weighted by Crippen LogP contribution is -2.23. The zero-order chi connectivity index (χ0) is 21.4. The molecule has 1 fully saturated rings. The minimum absolute atomic E-state index is 0.0802. The molecule has 2 aromatic heterocycles. The van der Waals surface area contributed by atoms with Crippen molar-refractivity contribution in [2.75, 3.05) is 5.32 Å². The van der Waals surface area contributed by atoms with Gasteiger partial charge in [0.05, 0.1) is 16.6 Å². The summed E-state index contributed by atoms with van der Waals surface area (Å²) < 4.78 is 0. The van der Waals surface area contributed by atoms with E-state index >= 15 is 0 Å². The smallest absolute Gasteiger partial charge is 0.230 e. The van der Waals surface area contributed by atoms with Gasteiger partial charge in [-0.25, -0.2) is 0 Å². The number of nitrogens with zero attached hydrogens (tertiary/aromatic N) is 2. The summed E-state index contributed by atoms with van der Waals surface area (Å²) in [5.74, 6) is 0.287. The van der Waals surface area contributed by atoms with Crippen molar-refractivity contribution < 1.29 is 4.79 Å². The molecule has 5 heteroatoms. The van der Waals surface area contributed by atoms with Crippen molar-refractivity contribution in [3.05, 3.63) is 89.4 Å². The van der Waals surface area contributed by atoms with Gasteiger partial charge in [0.15, 0.2) is 0 Å². The number of amides is 1. The van der Waals surface area contributed by atoms with Crippen LogP contribution in [0.4, 0.5) is 5.69 Å². The van der Waals surface area contributed by atoms with E-state index in [4.69, 9.17) is 0 Å². The summed E-state index contributed by atoms with van der Waals surface area (Å²) in [7, 11) is 0. The quantitative estimate of drug-likeness (QED) is 0.454. The zero-order valence-corrected chi connectivity index (χ0v) is 17.6. The molecule has 0 bridgehead atoms. The Bertz CT molecular complexity index is 1290. The molecule has 4 aromatic rings. The van der Waals surface area contributed by atoms with Crippen LogP contribution in [0.15, 0.2) is 67.0 Å². The zero-order valence-electron chi connectivity index (χ0n) is 17.6. The molecule has 1 amide bonds. The third-order valence-corrected chi connectivity index (χ3v) is 6.29. The lowest BCUT2D eigenvalue weighted by atomic mass is 9.98. The molecule has 5 nitrogen and oxygen atoms in total. The average Bonchev–Trinajstić information content (AvgIpc) is 3.33. The lowest BCUT2D eigenvalue weighted by molar-refractivity contribution is -0.120. The number of anilines is 1. The highest BCUT2D eigenvalue weighted by Crippen LogP contribution is 2.59. The number of hydrogen-bond donors (Lipinski definition) is 2. The molecule has 1 aliphatic carbocycles. The minimum Gasteiger partial charge on any atom is -0.325 e. The number of carbonyl (C=O) groups excluding carboxylic acids is 1. The number of rotatable bonds is 5. The van der Waals surface area contributed by atoms with Crippen molar-refractivity contribution in [3.8, 4) is 0 Å². The molecule has 0 unspecified atom stereocenters. The predicted octanol–water partition coefficient (Wildman–Crippen LogP) is 5.57. The summed E-state index contributed by atoms with van der Waals surface area (Å²) in [6.07, 6.45) is 8.42. The summed E-state index contributed by atoms with van der Waals surface area (Å²) in [6.45, 7) is 4.05. The maximum Gasteiger partial charge on any atom is 0.230 e. The fraction of sp³-hybridized carbons (Fsp3) is 0.192. The van der Waals surface area contributed by atoms with E-state index < -0.39 is 0 Å². The van der Waals surface area contributed by atoms with E-state index in [2.05, 4.69) is 38.7 Å². The van der Waals surface area contributed by atoms with Crippen LogP contribution in [0.1, 0.15) is 41.6 Å². The van der Waals surface area contributed by atoms with Gasteiger partial charge in [-0.2, -0.15) is 5.10 Å². The van der Waals surface area contributed by atoms with Crippen LogP contribution in [-0.4, -0.2) is 21.1 Å². The van der Waals surface area contributed by atoms with E-state index in [1.807, 2.05) is 68.6 Å². The second kappa shape index (κ2) is 7.51. The molecule has 0 saturated heterocycles.